The summed E-state index contributed by atoms with van der Waals surface area (Å²) in [4.78, 5) is 11.7. The van der Waals surface area contributed by atoms with Crippen LogP contribution in [0, 0.1) is 0 Å². The van der Waals surface area contributed by atoms with Crippen LogP contribution < -0.4 is 4.72 Å². The number of hydrogen-bond acceptors (Lipinski definition) is 3. The summed E-state index contributed by atoms with van der Waals surface area (Å²) in [5.74, 6) is 0.213. The van der Waals surface area contributed by atoms with Gasteiger partial charge in [0.25, 0.3) is 0 Å². The molecule has 4 nitrogen and oxygen atoms in total. The van der Waals surface area contributed by atoms with E-state index >= 15 is 0 Å². The van der Waals surface area contributed by atoms with Crippen molar-refractivity contribution in [2.75, 3.05) is 0 Å². The van der Waals surface area contributed by atoms with Crippen LogP contribution in [0.1, 0.15) is 23.1 Å². The molecule has 22 heavy (non-hydrogen) atoms. The fourth-order valence-electron chi connectivity index (χ4n) is 2.61. The molecule has 114 valence electrons. The molecule has 5 heteroatoms. The molecule has 0 bridgehead atoms. The van der Waals surface area contributed by atoms with E-state index in [0.29, 0.717) is 19.3 Å². The molecule has 0 saturated heterocycles. The van der Waals surface area contributed by atoms with Crippen molar-refractivity contribution in [2.45, 2.75) is 30.7 Å². The maximum atomic E-state index is 12.4. The Labute approximate surface area is 130 Å². The monoisotopic (exact) mass is 315 g/mol. The molecule has 0 radical (unpaired) electrons. The second-order valence-electron chi connectivity index (χ2n) is 5.46. The van der Waals surface area contributed by atoms with Crippen LogP contribution in [0.15, 0.2) is 53.4 Å². The molecule has 0 spiro atoms. The van der Waals surface area contributed by atoms with Crippen molar-refractivity contribution in [3.8, 4) is 0 Å². The zero-order chi connectivity index (χ0) is 15.6. The summed E-state index contributed by atoms with van der Waals surface area (Å²) in [6.07, 6.45) is 1.53. The lowest BCUT2D eigenvalue weighted by atomic mass is 9.91. The van der Waals surface area contributed by atoms with E-state index in [1.807, 2.05) is 30.3 Å². The Balaban J connectivity index is 1.79. The van der Waals surface area contributed by atoms with Gasteiger partial charge in [0.2, 0.25) is 10.0 Å². The van der Waals surface area contributed by atoms with Gasteiger partial charge in [0.15, 0.2) is 0 Å². The van der Waals surface area contributed by atoms with Crippen LogP contribution in [-0.2, 0) is 34.2 Å². The fourth-order valence-corrected chi connectivity index (χ4v) is 3.68. The van der Waals surface area contributed by atoms with Crippen LogP contribution in [0.2, 0.25) is 0 Å². The smallest absolute Gasteiger partial charge is 0.240 e. The predicted molar refractivity (Wildman–Crippen MR) is 83.9 cm³/mol. The van der Waals surface area contributed by atoms with E-state index in [4.69, 9.17) is 0 Å². The van der Waals surface area contributed by atoms with E-state index in [1.54, 1.807) is 18.2 Å². The molecule has 2 aromatic carbocycles. The van der Waals surface area contributed by atoms with Crippen LogP contribution in [0.3, 0.4) is 0 Å². The standard InChI is InChI=1S/C17H17NO3S/c19-16-8-6-15-11-17(9-7-14(15)10-16)22(20,21)18-12-13-4-2-1-3-5-13/h1-5,7,9,11,18H,6,8,10,12H2. The molecule has 0 heterocycles. The molecule has 0 amide bonds. The minimum Gasteiger partial charge on any atom is -0.299 e. The van der Waals surface area contributed by atoms with Gasteiger partial charge in [0.1, 0.15) is 5.78 Å². The number of rotatable bonds is 4. The summed E-state index contributed by atoms with van der Waals surface area (Å²) < 4.78 is 27.4. The van der Waals surface area contributed by atoms with Crippen LogP contribution in [0.5, 0.6) is 0 Å². The Morgan fingerprint density at radius 3 is 2.50 bits per heavy atom. The lowest BCUT2D eigenvalue weighted by Gasteiger charge is -2.16. The van der Waals surface area contributed by atoms with Gasteiger partial charge in [-0.15, -0.1) is 0 Å². The van der Waals surface area contributed by atoms with Crippen LogP contribution >= 0.6 is 0 Å². The minimum atomic E-state index is -3.54. The summed E-state index contributed by atoms with van der Waals surface area (Å²) in [6.45, 7) is 0.263. The first kappa shape index (κ1) is 14.9. The Morgan fingerprint density at radius 1 is 0.955 bits per heavy atom. The Hall–Kier alpha value is -1.98. The third kappa shape index (κ3) is 3.26. The van der Waals surface area contributed by atoms with Crippen LogP contribution in [-0.4, -0.2) is 14.2 Å². The van der Waals surface area contributed by atoms with Crippen molar-refractivity contribution in [1.29, 1.82) is 0 Å². The van der Waals surface area contributed by atoms with E-state index in [9.17, 15) is 13.2 Å². The van der Waals surface area contributed by atoms with E-state index in [1.165, 1.54) is 0 Å². The SMILES string of the molecule is O=C1CCc2cc(S(=O)(=O)NCc3ccccc3)ccc2C1. The molecule has 2 aromatic rings. The maximum Gasteiger partial charge on any atom is 0.240 e. The highest BCUT2D eigenvalue weighted by Gasteiger charge is 2.20. The fraction of sp³-hybridized carbons (Fsp3) is 0.235. The molecule has 0 unspecified atom stereocenters. The number of sulfonamides is 1. The third-order valence-corrected chi connectivity index (χ3v) is 5.26. The van der Waals surface area contributed by atoms with Crippen LogP contribution in [0.25, 0.3) is 0 Å². The molecular weight excluding hydrogens is 298 g/mol. The van der Waals surface area contributed by atoms with Gasteiger partial charge in [-0.1, -0.05) is 36.4 Å². The molecule has 1 aliphatic rings. The Kier molecular flexibility index (Phi) is 4.09. The highest BCUT2D eigenvalue weighted by atomic mass is 32.2. The number of fused-ring (bicyclic) bond motifs is 1. The number of nitrogens with one attached hydrogen (secondary N) is 1. The van der Waals surface area contributed by atoms with E-state index < -0.39 is 10.0 Å². The largest absolute Gasteiger partial charge is 0.299 e. The highest BCUT2D eigenvalue weighted by Crippen LogP contribution is 2.22. The second kappa shape index (κ2) is 6.02. The van der Waals surface area contributed by atoms with Crippen LogP contribution in [0.4, 0.5) is 0 Å². The predicted octanol–water partition coefficient (Wildman–Crippen LogP) is 2.22. The number of Topliss-reactive ketones (excluding diaryl/α,β-unsaturated/α-hetero) is 1. The number of carbonyl (C=O) groups excluding carboxylic acids is 1. The zero-order valence-electron chi connectivity index (χ0n) is 12.1. The van der Waals surface area contributed by atoms with E-state index in [-0.39, 0.29) is 17.2 Å². The van der Waals surface area contributed by atoms with Gasteiger partial charge in [0, 0.05) is 19.4 Å². The van der Waals surface area contributed by atoms with Gasteiger partial charge in [-0.2, -0.15) is 0 Å². The lowest BCUT2D eigenvalue weighted by molar-refractivity contribution is -0.118. The summed E-state index contributed by atoms with van der Waals surface area (Å²) in [5.41, 5.74) is 2.81. The number of ketones is 1. The molecule has 1 aliphatic carbocycles. The average Bonchev–Trinajstić information content (AvgIpc) is 2.53. The topological polar surface area (TPSA) is 63.2 Å². The molecule has 0 atom stereocenters. The highest BCUT2D eigenvalue weighted by molar-refractivity contribution is 7.89. The number of carbonyl (C=O) groups is 1. The van der Waals surface area contributed by atoms with Gasteiger partial charge < -0.3 is 0 Å². The molecule has 0 fully saturated rings. The van der Waals surface area contributed by atoms with Crippen molar-refractivity contribution in [3.05, 3.63) is 65.2 Å². The van der Waals surface area contributed by atoms with Crippen molar-refractivity contribution in [2.24, 2.45) is 0 Å². The molecule has 0 aliphatic heterocycles. The summed E-state index contributed by atoms with van der Waals surface area (Å²) >= 11 is 0. The third-order valence-electron chi connectivity index (χ3n) is 3.86. The normalized spacial score (nSPS) is 14.6. The van der Waals surface area contributed by atoms with Crippen molar-refractivity contribution in [1.82, 2.24) is 4.72 Å². The number of hydrogen-bond donors (Lipinski definition) is 1. The summed E-state index contributed by atoms with van der Waals surface area (Å²) in [5, 5.41) is 0. The Morgan fingerprint density at radius 2 is 1.73 bits per heavy atom. The number of benzene rings is 2. The lowest BCUT2D eigenvalue weighted by Crippen LogP contribution is -2.24. The quantitative estimate of drug-likeness (QED) is 0.941. The first-order valence-electron chi connectivity index (χ1n) is 7.22. The minimum absolute atomic E-state index is 0.213. The summed E-state index contributed by atoms with van der Waals surface area (Å²) in [6, 6.07) is 14.4. The van der Waals surface area contributed by atoms with E-state index in [0.717, 1.165) is 16.7 Å². The van der Waals surface area contributed by atoms with Gasteiger partial charge in [-0.05, 0) is 35.2 Å². The maximum absolute atomic E-state index is 12.4. The van der Waals surface area contributed by atoms with Gasteiger partial charge in [0.05, 0.1) is 4.90 Å². The van der Waals surface area contributed by atoms with E-state index in [2.05, 4.69) is 4.72 Å². The molecule has 0 aromatic heterocycles. The molecule has 1 N–H and O–H groups in total. The molecule has 3 rings (SSSR count). The second-order valence-corrected chi connectivity index (χ2v) is 7.22. The van der Waals surface area contributed by atoms with Crippen molar-refractivity contribution >= 4 is 15.8 Å². The molecule has 0 saturated carbocycles. The van der Waals surface area contributed by atoms with Crippen molar-refractivity contribution < 1.29 is 13.2 Å². The molecular formula is C17H17NO3S. The zero-order valence-corrected chi connectivity index (χ0v) is 12.9. The number of aryl methyl sites for hydroxylation is 1. The average molecular weight is 315 g/mol. The van der Waals surface area contributed by atoms with Gasteiger partial charge in [-0.25, -0.2) is 13.1 Å². The van der Waals surface area contributed by atoms with Crippen molar-refractivity contribution in [3.63, 3.8) is 0 Å². The van der Waals surface area contributed by atoms with Gasteiger partial charge >= 0.3 is 0 Å². The first-order chi connectivity index (χ1) is 10.5. The Bertz CT molecular complexity index is 798. The first-order valence-corrected chi connectivity index (χ1v) is 8.70. The van der Waals surface area contributed by atoms with Gasteiger partial charge in [-0.3, -0.25) is 4.79 Å². The summed E-state index contributed by atoms with van der Waals surface area (Å²) in [7, 11) is -3.54.